The molecule has 0 aromatic carbocycles. The lowest BCUT2D eigenvalue weighted by atomic mass is 10.1. The second-order valence-corrected chi connectivity index (χ2v) is 6.40. The largest absolute Gasteiger partial charge is 0.353 e. The molecule has 94 valence electrons. The summed E-state index contributed by atoms with van der Waals surface area (Å²) in [6.07, 6.45) is 1.56. The quantitative estimate of drug-likeness (QED) is 0.654. The fourth-order valence-corrected chi connectivity index (χ4v) is 3.20. The maximum Gasteiger partial charge on any atom is 0.221 e. The smallest absolute Gasteiger partial charge is 0.221 e. The second-order valence-electron chi connectivity index (χ2n) is 4.10. The van der Waals surface area contributed by atoms with Gasteiger partial charge in [-0.2, -0.15) is 0 Å². The van der Waals surface area contributed by atoms with E-state index in [-0.39, 0.29) is 23.5 Å². The van der Waals surface area contributed by atoms with Crippen molar-refractivity contribution in [1.29, 1.82) is 0 Å². The number of amides is 1. The molecule has 1 rings (SSSR count). The highest BCUT2D eigenvalue weighted by molar-refractivity contribution is 7.91. The van der Waals surface area contributed by atoms with Crippen molar-refractivity contribution in [1.82, 2.24) is 10.6 Å². The molecule has 0 radical (unpaired) electrons. The Balaban J connectivity index is 2.20. The second kappa shape index (κ2) is 6.20. The third-order valence-corrected chi connectivity index (χ3v) is 4.41. The van der Waals surface area contributed by atoms with Gasteiger partial charge in [0.1, 0.15) is 9.84 Å². The summed E-state index contributed by atoms with van der Waals surface area (Å²) >= 11 is 0. The minimum Gasteiger partial charge on any atom is -0.353 e. The van der Waals surface area contributed by atoms with Crippen molar-refractivity contribution in [2.45, 2.75) is 32.2 Å². The summed E-state index contributed by atoms with van der Waals surface area (Å²) in [4.78, 5) is 11.4. The van der Waals surface area contributed by atoms with Crippen LogP contribution >= 0.6 is 0 Å². The molecule has 1 saturated heterocycles. The SMILES string of the molecule is CCNCCC(=O)NC1CCS(=O)(=O)CC1. The van der Waals surface area contributed by atoms with E-state index in [4.69, 9.17) is 0 Å². The molecule has 0 aromatic rings. The molecular formula is C10H20N2O3S. The Labute approximate surface area is 96.9 Å². The zero-order valence-electron chi connectivity index (χ0n) is 9.66. The highest BCUT2D eigenvalue weighted by atomic mass is 32.2. The molecule has 16 heavy (non-hydrogen) atoms. The van der Waals surface area contributed by atoms with Gasteiger partial charge in [0, 0.05) is 19.0 Å². The molecule has 2 N–H and O–H groups in total. The lowest BCUT2D eigenvalue weighted by Crippen LogP contribution is -2.41. The Hall–Kier alpha value is -0.620. The molecule has 1 amide bonds. The van der Waals surface area contributed by atoms with Crippen LogP contribution in [0.15, 0.2) is 0 Å². The summed E-state index contributed by atoms with van der Waals surface area (Å²) in [7, 11) is -2.84. The fraction of sp³-hybridized carbons (Fsp3) is 0.900. The van der Waals surface area contributed by atoms with E-state index in [9.17, 15) is 13.2 Å². The van der Waals surface area contributed by atoms with Crippen LogP contribution in [0, 0.1) is 0 Å². The van der Waals surface area contributed by atoms with E-state index in [0.717, 1.165) is 6.54 Å². The first-order chi connectivity index (χ1) is 7.53. The summed E-state index contributed by atoms with van der Waals surface area (Å²) in [5, 5.41) is 5.94. The molecule has 0 unspecified atom stereocenters. The molecule has 0 aromatic heterocycles. The molecule has 1 heterocycles. The summed E-state index contributed by atoms with van der Waals surface area (Å²) in [5.74, 6) is 0.404. The van der Waals surface area contributed by atoms with E-state index in [0.29, 0.717) is 25.8 Å². The van der Waals surface area contributed by atoms with Crippen molar-refractivity contribution >= 4 is 15.7 Å². The standard InChI is InChI=1S/C10H20N2O3S/c1-2-11-6-3-10(13)12-9-4-7-16(14,15)8-5-9/h9,11H,2-8H2,1H3,(H,12,13). The Morgan fingerprint density at radius 3 is 2.50 bits per heavy atom. The Morgan fingerprint density at radius 1 is 1.31 bits per heavy atom. The van der Waals surface area contributed by atoms with Crippen molar-refractivity contribution in [3.05, 3.63) is 0 Å². The zero-order chi connectivity index (χ0) is 12.0. The summed E-state index contributed by atoms with van der Waals surface area (Å²) < 4.78 is 22.3. The van der Waals surface area contributed by atoms with Crippen LogP contribution in [0.4, 0.5) is 0 Å². The first kappa shape index (κ1) is 13.4. The molecule has 0 saturated carbocycles. The van der Waals surface area contributed by atoms with Gasteiger partial charge in [-0.05, 0) is 19.4 Å². The highest BCUT2D eigenvalue weighted by Gasteiger charge is 2.24. The number of rotatable bonds is 5. The Morgan fingerprint density at radius 2 is 1.94 bits per heavy atom. The van der Waals surface area contributed by atoms with Crippen molar-refractivity contribution in [3.8, 4) is 0 Å². The first-order valence-corrected chi connectivity index (χ1v) is 7.56. The molecule has 0 atom stereocenters. The molecule has 0 aliphatic carbocycles. The fourth-order valence-electron chi connectivity index (χ4n) is 1.71. The molecule has 1 aliphatic heterocycles. The van der Waals surface area contributed by atoms with Crippen molar-refractivity contribution in [2.75, 3.05) is 24.6 Å². The molecular weight excluding hydrogens is 228 g/mol. The number of nitrogens with one attached hydrogen (secondary N) is 2. The Bertz CT molecular complexity index is 313. The van der Waals surface area contributed by atoms with Crippen LogP contribution in [0.2, 0.25) is 0 Å². The number of hydrogen-bond acceptors (Lipinski definition) is 4. The van der Waals surface area contributed by atoms with E-state index < -0.39 is 9.84 Å². The van der Waals surface area contributed by atoms with Gasteiger partial charge < -0.3 is 10.6 Å². The molecule has 5 nitrogen and oxygen atoms in total. The molecule has 6 heteroatoms. The van der Waals surface area contributed by atoms with Gasteiger partial charge in [0.05, 0.1) is 11.5 Å². The number of sulfone groups is 1. The predicted molar refractivity (Wildman–Crippen MR) is 63.0 cm³/mol. The first-order valence-electron chi connectivity index (χ1n) is 5.74. The summed E-state index contributed by atoms with van der Waals surface area (Å²) in [5.41, 5.74) is 0. The minimum atomic E-state index is -2.84. The van der Waals surface area contributed by atoms with Crippen LogP contribution in [0.5, 0.6) is 0 Å². The molecule has 1 aliphatic rings. The van der Waals surface area contributed by atoms with Crippen molar-refractivity contribution in [2.24, 2.45) is 0 Å². The van der Waals surface area contributed by atoms with E-state index in [2.05, 4.69) is 10.6 Å². The van der Waals surface area contributed by atoms with Crippen LogP contribution < -0.4 is 10.6 Å². The monoisotopic (exact) mass is 248 g/mol. The number of carbonyl (C=O) groups excluding carboxylic acids is 1. The lowest BCUT2D eigenvalue weighted by Gasteiger charge is -2.23. The predicted octanol–water partition coefficient (Wildman–Crippen LogP) is -0.321. The van der Waals surface area contributed by atoms with Crippen LogP contribution in [0.1, 0.15) is 26.2 Å². The van der Waals surface area contributed by atoms with Crippen LogP contribution in [-0.2, 0) is 14.6 Å². The molecule has 1 fully saturated rings. The summed E-state index contributed by atoms with van der Waals surface area (Å²) in [6, 6.07) is 0.0395. The van der Waals surface area contributed by atoms with Gasteiger partial charge in [0.15, 0.2) is 0 Å². The third-order valence-electron chi connectivity index (χ3n) is 2.70. The Kier molecular flexibility index (Phi) is 5.21. The normalized spacial score (nSPS) is 20.6. The van der Waals surface area contributed by atoms with E-state index in [1.165, 1.54) is 0 Å². The zero-order valence-corrected chi connectivity index (χ0v) is 10.5. The van der Waals surface area contributed by atoms with Gasteiger partial charge in [0.2, 0.25) is 5.91 Å². The molecule has 0 bridgehead atoms. The molecule has 0 spiro atoms. The third kappa shape index (κ3) is 4.94. The van der Waals surface area contributed by atoms with Crippen molar-refractivity contribution in [3.63, 3.8) is 0 Å². The van der Waals surface area contributed by atoms with Gasteiger partial charge in [-0.1, -0.05) is 6.92 Å². The van der Waals surface area contributed by atoms with Crippen LogP contribution in [0.3, 0.4) is 0 Å². The van der Waals surface area contributed by atoms with Crippen LogP contribution in [-0.4, -0.2) is 45.0 Å². The maximum absolute atomic E-state index is 11.4. The van der Waals surface area contributed by atoms with Gasteiger partial charge >= 0.3 is 0 Å². The van der Waals surface area contributed by atoms with Crippen molar-refractivity contribution < 1.29 is 13.2 Å². The average molecular weight is 248 g/mol. The van der Waals surface area contributed by atoms with E-state index in [1.807, 2.05) is 6.92 Å². The van der Waals surface area contributed by atoms with Gasteiger partial charge in [-0.3, -0.25) is 4.79 Å². The summed E-state index contributed by atoms with van der Waals surface area (Å²) in [6.45, 7) is 3.52. The highest BCUT2D eigenvalue weighted by Crippen LogP contribution is 2.11. The average Bonchev–Trinajstić information content (AvgIpc) is 2.22. The van der Waals surface area contributed by atoms with E-state index >= 15 is 0 Å². The van der Waals surface area contributed by atoms with Gasteiger partial charge in [-0.25, -0.2) is 8.42 Å². The number of carbonyl (C=O) groups is 1. The van der Waals surface area contributed by atoms with Gasteiger partial charge in [-0.15, -0.1) is 0 Å². The lowest BCUT2D eigenvalue weighted by molar-refractivity contribution is -0.121. The minimum absolute atomic E-state index is 0.00486. The van der Waals surface area contributed by atoms with Gasteiger partial charge in [0.25, 0.3) is 0 Å². The number of hydrogen-bond donors (Lipinski definition) is 2. The topological polar surface area (TPSA) is 75.3 Å². The van der Waals surface area contributed by atoms with E-state index in [1.54, 1.807) is 0 Å². The maximum atomic E-state index is 11.4. The van der Waals surface area contributed by atoms with Crippen LogP contribution in [0.25, 0.3) is 0 Å².